The molecule has 0 radical (unpaired) electrons. The molecule has 0 heterocycles. The van der Waals surface area contributed by atoms with E-state index >= 15 is 0 Å². The van der Waals surface area contributed by atoms with Gasteiger partial charge in [-0.25, -0.2) is 8.42 Å². The smallest absolute Gasteiger partial charge is 0.241 e. The highest BCUT2D eigenvalue weighted by molar-refractivity contribution is 7.89. The lowest BCUT2D eigenvalue weighted by molar-refractivity contribution is 0.372. The fourth-order valence-corrected chi connectivity index (χ4v) is 4.60. The van der Waals surface area contributed by atoms with Gasteiger partial charge in [0, 0.05) is 0 Å². The normalized spacial score (nSPS) is 19.4. The summed E-state index contributed by atoms with van der Waals surface area (Å²) in [5, 5.41) is 0. The Kier molecular flexibility index (Phi) is 5.35. The van der Waals surface area contributed by atoms with Crippen molar-refractivity contribution in [2.24, 2.45) is 5.73 Å². The van der Waals surface area contributed by atoms with Gasteiger partial charge in [-0.3, -0.25) is 0 Å². The molecule has 0 saturated heterocycles. The van der Waals surface area contributed by atoms with E-state index in [1.54, 1.807) is 30.3 Å². The fourth-order valence-electron chi connectivity index (χ4n) is 2.82. The van der Waals surface area contributed by atoms with E-state index in [9.17, 15) is 8.42 Å². The monoisotopic (exact) mass is 326 g/mol. The summed E-state index contributed by atoms with van der Waals surface area (Å²) in [7, 11) is -3.61. The zero-order chi connectivity index (χ0) is 15.3. The molecule has 1 saturated carbocycles. The van der Waals surface area contributed by atoms with Crippen LogP contribution in [0.3, 0.4) is 0 Å². The van der Waals surface area contributed by atoms with Gasteiger partial charge >= 0.3 is 0 Å². The topological polar surface area (TPSA) is 72.2 Å². The highest BCUT2D eigenvalue weighted by atomic mass is 32.2. The first-order valence-corrected chi connectivity index (χ1v) is 9.24. The molecule has 21 heavy (non-hydrogen) atoms. The van der Waals surface area contributed by atoms with Gasteiger partial charge in [0.25, 0.3) is 0 Å². The summed E-state index contributed by atoms with van der Waals surface area (Å²) < 4.78 is 28.0. The Morgan fingerprint density at radius 2 is 1.57 bits per heavy atom. The van der Waals surface area contributed by atoms with Crippen LogP contribution in [0.15, 0.2) is 35.2 Å². The third kappa shape index (κ3) is 4.02. The van der Waals surface area contributed by atoms with E-state index in [0.717, 1.165) is 25.7 Å². The Morgan fingerprint density at radius 3 is 2.10 bits per heavy atom. The summed E-state index contributed by atoms with van der Waals surface area (Å²) in [5.74, 6) is 0. The highest BCUT2D eigenvalue weighted by Crippen LogP contribution is 2.28. The van der Waals surface area contributed by atoms with Gasteiger partial charge in [-0.05, 0) is 25.0 Å². The summed E-state index contributed by atoms with van der Waals surface area (Å²) in [4.78, 5) is 0.506. The van der Waals surface area contributed by atoms with E-state index in [4.69, 9.17) is 18.0 Å². The van der Waals surface area contributed by atoms with Crippen molar-refractivity contribution in [1.29, 1.82) is 0 Å². The molecule has 0 unspecified atom stereocenters. The average Bonchev–Trinajstić information content (AvgIpc) is 2.42. The second-order valence-electron chi connectivity index (χ2n) is 5.63. The lowest BCUT2D eigenvalue weighted by Crippen LogP contribution is -2.56. The van der Waals surface area contributed by atoms with E-state index in [1.807, 2.05) is 0 Å². The number of rotatable bonds is 4. The van der Waals surface area contributed by atoms with Crippen LogP contribution in [0.5, 0.6) is 0 Å². The molecule has 2 rings (SSSR count). The fraction of sp³-hybridized carbons (Fsp3) is 0.533. The molecule has 0 aliphatic heterocycles. The minimum Gasteiger partial charge on any atom is -0.392 e. The van der Waals surface area contributed by atoms with Crippen LogP contribution >= 0.6 is 12.2 Å². The van der Waals surface area contributed by atoms with Gasteiger partial charge in [-0.2, -0.15) is 4.72 Å². The maximum atomic E-state index is 12.6. The molecule has 1 aliphatic rings. The van der Waals surface area contributed by atoms with Crippen molar-refractivity contribution < 1.29 is 8.42 Å². The summed E-state index contributed by atoms with van der Waals surface area (Å²) in [5.41, 5.74) is 5.13. The molecule has 0 amide bonds. The van der Waals surface area contributed by atoms with Crippen LogP contribution in [0.25, 0.3) is 0 Å². The van der Waals surface area contributed by atoms with Crippen molar-refractivity contribution >= 4 is 27.2 Å². The number of benzene rings is 1. The molecule has 1 aromatic rings. The van der Waals surface area contributed by atoms with Gasteiger partial charge < -0.3 is 5.73 Å². The van der Waals surface area contributed by atoms with Crippen LogP contribution in [-0.4, -0.2) is 18.9 Å². The van der Waals surface area contributed by atoms with Gasteiger partial charge in [0.2, 0.25) is 10.0 Å². The lowest BCUT2D eigenvalue weighted by atomic mass is 9.85. The molecule has 4 nitrogen and oxygen atoms in total. The van der Waals surface area contributed by atoms with Crippen LogP contribution in [0.2, 0.25) is 0 Å². The molecule has 0 spiro atoms. The second-order valence-corrected chi connectivity index (χ2v) is 7.75. The Labute approximate surface area is 132 Å². The van der Waals surface area contributed by atoms with Gasteiger partial charge in [0.15, 0.2) is 0 Å². The molecule has 6 heteroatoms. The van der Waals surface area contributed by atoms with Crippen molar-refractivity contribution in [1.82, 2.24) is 4.72 Å². The maximum absolute atomic E-state index is 12.6. The molecule has 3 N–H and O–H groups in total. The van der Waals surface area contributed by atoms with Crippen LogP contribution in [0.1, 0.15) is 44.9 Å². The Balaban J connectivity index is 2.28. The molecule has 1 fully saturated rings. The molecular weight excluding hydrogens is 304 g/mol. The Bertz CT molecular complexity index is 577. The van der Waals surface area contributed by atoms with Crippen molar-refractivity contribution in [3.05, 3.63) is 30.3 Å². The summed E-state index contributed by atoms with van der Waals surface area (Å²) >= 11 is 5.20. The Morgan fingerprint density at radius 1 is 1.05 bits per heavy atom. The van der Waals surface area contributed by atoms with E-state index < -0.39 is 15.6 Å². The first kappa shape index (κ1) is 16.4. The van der Waals surface area contributed by atoms with Crippen LogP contribution in [0.4, 0.5) is 0 Å². The third-order valence-electron chi connectivity index (χ3n) is 4.06. The van der Waals surface area contributed by atoms with Crippen LogP contribution in [-0.2, 0) is 10.0 Å². The van der Waals surface area contributed by atoms with Crippen molar-refractivity contribution in [2.45, 2.75) is 55.4 Å². The molecule has 0 aromatic heterocycles. The van der Waals surface area contributed by atoms with E-state index in [2.05, 4.69) is 4.72 Å². The lowest BCUT2D eigenvalue weighted by Gasteiger charge is -2.35. The van der Waals surface area contributed by atoms with Crippen LogP contribution in [0, 0.1) is 0 Å². The standard InChI is InChI=1S/C15H22N2O2S2/c16-14(20)15(11-7-2-1-3-8-12-15)17-21(18,19)13-9-5-4-6-10-13/h4-6,9-10,17H,1-3,7-8,11-12H2,(H2,16,20). The van der Waals surface area contributed by atoms with Gasteiger partial charge in [0.1, 0.15) is 0 Å². The average molecular weight is 326 g/mol. The molecular formula is C15H22N2O2S2. The minimum absolute atomic E-state index is 0.252. The first-order chi connectivity index (χ1) is 9.96. The summed E-state index contributed by atoms with van der Waals surface area (Å²) in [6.07, 6.45) is 6.61. The number of hydrogen-bond donors (Lipinski definition) is 2. The minimum atomic E-state index is -3.61. The molecule has 116 valence electrons. The second kappa shape index (κ2) is 6.85. The van der Waals surface area contributed by atoms with Crippen molar-refractivity contribution in [3.63, 3.8) is 0 Å². The number of thiocarbonyl (C=S) groups is 1. The predicted molar refractivity (Wildman–Crippen MR) is 88.6 cm³/mol. The number of nitrogens with two attached hydrogens (primary N) is 1. The van der Waals surface area contributed by atoms with Crippen molar-refractivity contribution in [3.8, 4) is 0 Å². The number of hydrogen-bond acceptors (Lipinski definition) is 3. The van der Waals surface area contributed by atoms with Crippen molar-refractivity contribution in [2.75, 3.05) is 0 Å². The van der Waals surface area contributed by atoms with Gasteiger partial charge in [-0.1, -0.05) is 62.5 Å². The molecule has 1 aromatic carbocycles. The molecule has 0 atom stereocenters. The first-order valence-electron chi connectivity index (χ1n) is 7.35. The van der Waals surface area contributed by atoms with E-state index in [-0.39, 0.29) is 9.88 Å². The van der Waals surface area contributed by atoms with E-state index in [0.29, 0.717) is 12.8 Å². The quantitative estimate of drug-likeness (QED) is 0.835. The zero-order valence-electron chi connectivity index (χ0n) is 12.0. The van der Waals surface area contributed by atoms with E-state index in [1.165, 1.54) is 6.42 Å². The third-order valence-corrected chi connectivity index (χ3v) is 6.00. The molecule has 1 aliphatic carbocycles. The number of sulfonamides is 1. The SMILES string of the molecule is NC(=S)C1(NS(=O)(=O)c2ccccc2)CCCCCCC1. The largest absolute Gasteiger partial charge is 0.392 e. The van der Waals surface area contributed by atoms with Crippen LogP contribution < -0.4 is 10.5 Å². The Hall–Kier alpha value is -0.980. The number of nitrogens with one attached hydrogen (secondary N) is 1. The zero-order valence-corrected chi connectivity index (χ0v) is 13.7. The van der Waals surface area contributed by atoms with Gasteiger partial charge in [-0.15, -0.1) is 0 Å². The highest BCUT2D eigenvalue weighted by Gasteiger charge is 2.37. The summed E-state index contributed by atoms with van der Waals surface area (Å²) in [6, 6.07) is 8.37. The molecule has 0 bridgehead atoms. The predicted octanol–water partition coefficient (Wildman–Crippen LogP) is 2.73. The maximum Gasteiger partial charge on any atom is 0.241 e. The summed E-state index contributed by atoms with van der Waals surface area (Å²) in [6.45, 7) is 0. The van der Waals surface area contributed by atoms with Gasteiger partial charge in [0.05, 0.1) is 15.4 Å².